The molecule has 3 nitrogen and oxygen atoms in total. The van der Waals surface area contributed by atoms with Crippen molar-refractivity contribution in [1.82, 2.24) is 0 Å². The van der Waals surface area contributed by atoms with Gasteiger partial charge in [0.05, 0.1) is 5.97 Å². The number of aromatic carboxylic acids is 1. The van der Waals surface area contributed by atoms with Crippen molar-refractivity contribution in [2.45, 2.75) is 26.2 Å². The summed E-state index contributed by atoms with van der Waals surface area (Å²) in [7, 11) is 0. The maximum atomic E-state index is 11.0. The summed E-state index contributed by atoms with van der Waals surface area (Å²) in [6.07, 6.45) is 0. The Kier molecular flexibility index (Phi) is 3.79. The van der Waals surface area contributed by atoms with E-state index in [2.05, 4.69) is 20.8 Å². The first-order chi connectivity index (χ1) is 9.38. The average molecular weight is 269 g/mol. The van der Waals surface area contributed by atoms with Crippen molar-refractivity contribution in [3.63, 3.8) is 0 Å². The molecule has 2 aromatic carbocycles. The van der Waals surface area contributed by atoms with E-state index in [1.165, 1.54) is 11.6 Å². The predicted octanol–water partition coefficient (Wildman–Crippen LogP) is 3.14. The lowest BCUT2D eigenvalue weighted by Crippen LogP contribution is -2.22. The van der Waals surface area contributed by atoms with Crippen molar-refractivity contribution in [1.29, 1.82) is 0 Å². The summed E-state index contributed by atoms with van der Waals surface area (Å²) in [5.74, 6) is -0.352. The van der Waals surface area contributed by atoms with Gasteiger partial charge < -0.3 is 14.6 Å². The molecular weight excluding hydrogens is 252 g/mol. The van der Waals surface area contributed by atoms with Gasteiger partial charge in [-0.3, -0.25) is 0 Å². The number of rotatable bonds is 3. The number of benzene rings is 2. The Morgan fingerprint density at radius 3 is 2.15 bits per heavy atom. The average Bonchev–Trinajstić information content (AvgIpc) is 2.38. The number of carboxylic acid groups (broad SMARTS) is 1. The van der Waals surface area contributed by atoms with Crippen molar-refractivity contribution in [2.24, 2.45) is 0 Å². The second-order valence-corrected chi connectivity index (χ2v) is 5.66. The topological polar surface area (TPSA) is 49.4 Å². The van der Waals surface area contributed by atoms with Crippen LogP contribution in [0.2, 0.25) is 0 Å². The van der Waals surface area contributed by atoms with Gasteiger partial charge >= 0.3 is 0 Å². The standard InChI is InChI=1S/C17H18O3/c1-17(2,3)12-8-10-13(11-9-12)20-15-7-5-4-6-14(15)16(18)19/h4-11H,1-3H3,(H,18,19)/p-1. The fourth-order valence-corrected chi connectivity index (χ4v) is 1.87. The normalized spacial score (nSPS) is 11.2. The van der Waals surface area contributed by atoms with Crippen LogP contribution >= 0.6 is 0 Å². The second kappa shape index (κ2) is 5.37. The SMILES string of the molecule is CC(C)(C)c1ccc(Oc2ccccc2C(=O)[O-])cc1. The molecule has 0 aromatic heterocycles. The molecule has 0 radical (unpaired) electrons. The Hall–Kier alpha value is -2.29. The zero-order valence-electron chi connectivity index (χ0n) is 11.8. The van der Waals surface area contributed by atoms with Crippen LogP contribution in [0.5, 0.6) is 11.5 Å². The van der Waals surface area contributed by atoms with Gasteiger partial charge in [0, 0.05) is 5.56 Å². The molecule has 0 saturated heterocycles. The quantitative estimate of drug-likeness (QED) is 0.860. The maximum absolute atomic E-state index is 11.0. The minimum atomic E-state index is -1.24. The number of carbonyl (C=O) groups is 1. The molecule has 0 bridgehead atoms. The Morgan fingerprint density at radius 2 is 1.60 bits per heavy atom. The number of carbonyl (C=O) groups excluding carboxylic acids is 1. The van der Waals surface area contributed by atoms with Gasteiger partial charge in [0.25, 0.3) is 0 Å². The van der Waals surface area contributed by atoms with Crippen LogP contribution in [0.1, 0.15) is 36.7 Å². The monoisotopic (exact) mass is 269 g/mol. The summed E-state index contributed by atoms with van der Waals surface area (Å²) in [4.78, 5) is 11.0. The van der Waals surface area contributed by atoms with E-state index in [0.29, 0.717) is 5.75 Å². The van der Waals surface area contributed by atoms with E-state index < -0.39 is 5.97 Å². The molecule has 2 aromatic rings. The molecule has 104 valence electrons. The zero-order chi connectivity index (χ0) is 14.8. The lowest BCUT2D eigenvalue weighted by molar-refractivity contribution is -0.255. The lowest BCUT2D eigenvalue weighted by atomic mass is 9.87. The van der Waals surface area contributed by atoms with Gasteiger partial charge in [0.2, 0.25) is 0 Å². The van der Waals surface area contributed by atoms with Crippen LogP contribution in [0.4, 0.5) is 0 Å². The molecule has 2 rings (SSSR count). The highest BCUT2D eigenvalue weighted by Gasteiger charge is 2.13. The summed E-state index contributed by atoms with van der Waals surface area (Å²) in [6, 6.07) is 14.1. The highest BCUT2D eigenvalue weighted by Crippen LogP contribution is 2.28. The summed E-state index contributed by atoms with van der Waals surface area (Å²) >= 11 is 0. The molecule has 0 saturated carbocycles. The molecule has 0 aliphatic heterocycles. The van der Waals surface area contributed by atoms with Gasteiger partial charge in [-0.2, -0.15) is 0 Å². The summed E-state index contributed by atoms with van der Waals surface area (Å²) in [5.41, 5.74) is 1.31. The molecule has 0 heterocycles. The van der Waals surface area contributed by atoms with Crippen molar-refractivity contribution < 1.29 is 14.6 Å². The third-order valence-corrected chi connectivity index (χ3v) is 3.06. The summed E-state index contributed by atoms with van der Waals surface area (Å²) < 4.78 is 5.62. The Bertz CT molecular complexity index is 607. The van der Waals surface area contributed by atoms with Crippen molar-refractivity contribution in [3.8, 4) is 11.5 Å². The number of hydrogen-bond donors (Lipinski definition) is 0. The van der Waals surface area contributed by atoms with Gasteiger partial charge in [0.15, 0.2) is 0 Å². The Labute approximate surface area is 118 Å². The molecule has 0 N–H and O–H groups in total. The molecule has 20 heavy (non-hydrogen) atoms. The van der Waals surface area contributed by atoms with E-state index in [9.17, 15) is 9.90 Å². The fourth-order valence-electron chi connectivity index (χ4n) is 1.87. The molecule has 0 atom stereocenters. The molecule has 0 unspecified atom stereocenters. The van der Waals surface area contributed by atoms with Gasteiger partial charge in [-0.25, -0.2) is 0 Å². The molecule has 0 amide bonds. The van der Waals surface area contributed by atoms with E-state index in [4.69, 9.17) is 4.74 Å². The van der Waals surface area contributed by atoms with Crippen molar-refractivity contribution in [3.05, 3.63) is 59.7 Å². The Balaban J connectivity index is 2.25. The van der Waals surface area contributed by atoms with Crippen molar-refractivity contribution >= 4 is 5.97 Å². The van der Waals surface area contributed by atoms with Gasteiger partial charge in [-0.05, 0) is 35.2 Å². The molecule has 0 aliphatic rings. The highest BCUT2D eigenvalue weighted by atomic mass is 16.5. The van der Waals surface area contributed by atoms with E-state index in [1.54, 1.807) is 18.2 Å². The second-order valence-electron chi connectivity index (χ2n) is 5.66. The number of para-hydroxylation sites is 1. The maximum Gasteiger partial charge on any atom is 0.136 e. The predicted molar refractivity (Wildman–Crippen MR) is 76.0 cm³/mol. The van der Waals surface area contributed by atoms with Gasteiger partial charge in [-0.1, -0.05) is 45.0 Å². The smallest absolute Gasteiger partial charge is 0.136 e. The lowest BCUT2D eigenvalue weighted by Gasteiger charge is -2.19. The van der Waals surface area contributed by atoms with Crippen LogP contribution in [0.25, 0.3) is 0 Å². The molecule has 0 fully saturated rings. The van der Waals surface area contributed by atoms with E-state index in [0.717, 1.165) is 0 Å². The van der Waals surface area contributed by atoms with Crippen LogP contribution < -0.4 is 9.84 Å². The summed E-state index contributed by atoms with van der Waals surface area (Å²) in [6.45, 7) is 6.40. The van der Waals surface area contributed by atoms with E-state index >= 15 is 0 Å². The van der Waals surface area contributed by atoms with E-state index in [1.807, 2.05) is 24.3 Å². The summed E-state index contributed by atoms with van der Waals surface area (Å²) in [5, 5.41) is 11.0. The number of hydrogen-bond acceptors (Lipinski definition) is 3. The van der Waals surface area contributed by atoms with Crippen molar-refractivity contribution in [2.75, 3.05) is 0 Å². The Morgan fingerprint density at radius 1 is 1.00 bits per heavy atom. The molecule has 0 aliphatic carbocycles. The van der Waals surface area contributed by atoms with Crippen LogP contribution in [0.3, 0.4) is 0 Å². The third kappa shape index (κ3) is 3.18. The van der Waals surface area contributed by atoms with Crippen LogP contribution in [-0.4, -0.2) is 5.97 Å². The zero-order valence-corrected chi connectivity index (χ0v) is 11.8. The van der Waals surface area contributed by atoms with Gasteiger partial charge in [-0.15, -0.1) is 0 Å². The first-order valence-corrected chi connectivity index (χ1v) is 6.47. The molecule has 3 heteroatoms. The first kappa shape index (κ1) is 14.1. The minimum Gasteiger partial charge on any atom is -0.545 e. The minimum absolute atomic E-state index is 0.0485. The van der Waals surface area contributed by atoms with Crippen LogP contribution in [-0.2, 0) is 5.41 Å². The third-order valence-electron chi connectivity index (χ3n) is 3.06. The fraction of sp³-hybridized carbons (Fsp3) is 0.235. The van der Waals surface area contributed by atoms with Crippen LogP contribution in [0.15, 0.2) is 48.5 Å². The highest BCUT2D eigenvalue weighted by molar-refractivity contribution is 5.89. The molecular formula is C17H17O3-. The van der Waals surface area contributed by atoms with Gasteiger partial charge in [0.1, 0.15) is 11.5 Å². The molecule has 0 spiro atoms. The first-order valence-electron chi connectivity index (χ1n) is 6.47. The number of ether oxygens (including phenoxy) is 1. The van der Waals surface area contributed by atoms with Crippen LogP contribution in [0, 0.1) is 0 Å². The van der Waals surface area contributed by atoms with E-state index in [-0.39, 0.29) is 16.7 Å². The largest absolute Gasteiger partial charge is 0.545 e. The number of carboxylic acids is 1.